The first-order valence-electron chi connectivity index (χ1n) is 19.9. The second kappa shape index (κ2) is 33.4. The van der Waals surface area contributed by atoms with Gasteiger partial charge in [0.2, 0.25) is 0 Å². The Morgan fingerprint density at radius 2 is 1.00 bits per heavy atom. The lowest BCUT2D eigenvalue weighted by atomic mass is 10.0. The van der Waals surface area contributed by atoms with Crippen molar-refractivity contribution in [2.45, 2.75) is 186 Å². The number of hydrogen-bond donors (Lipinski definition) is 0. The van der Waals surface area contributed by atoms with E-state index in [1.165, 1.54) is 64.2 Å². The molecule has 0 atom stereocenters. The predicted octanol–water partition coefficient (Wildman–Crippen LogP) is 10.6. The quantitative estimate of drug-likeness (QED) is 0.163. The summed E-state index contributed by atoms with van der Waals surface area (Å²) in [6, 6.07) is 0. The van der Waals surface area contributed by atoms with Gasteiger partial charge < -0.3 is 19.1 Å². The van der Waals surface area contributed by atoms with Crippen molar-refractivity contribution in [1.82, 2.24) is 4.90 Å². The highest BCUT2D eigenvalue weighted by molar-refractivity contribution is 5.70. The Kier molecular flexibility index (Phi) is 30.5. The predicted molar refractivity (Wildman–Crippen MR) is 198 cm³/mol. The molecule has 1 heterocycles. The molecular formula is C41H73NO6. The molecule has 0 radical (unpaired) electrons. The lowest BCUT2D eigenvalue weighted by molar-refractivity contribution is -0.150. The fraction of sp³-hybridized carbons (Fsp3) is 0.829. The Balaban J connectivity index is 2.43. The van der Waals surface area contributed by atoms with Gasteiger partial charge in [-0.05, 0) is 91.3 Å². The van der Waals surface area contributed by atoms with Gasteiger partial charge in [0, 0.05) is 19.3 Å². The molecule has 0 unspecified atom stereocenters. The van der Waals surface area contributed by atoms with Gasteiger partial charge in [-0.15, -0.1) is 0 Å². The van der Waals surface area contributed by atoms with Crippen LogP contribution in [0, 0.1) is 0 Å². The van der Waals surface area contributed by atoms with Gasteiger partial charge in [-0.2, -0.15) is 0 Å². The molecule has 1 aliphatic heterocycles. The molecule has 0 amide bonds. The summed E-state index contributed by atoms with van der Waals surface area (Å²) in [6.45, 7) is 1.66. The van der Waals surface area contributed by atoms with Crippen LogP contribution >= 0.6 is 0 Å². The Labute approximate surface area is 295 Å². The summed E-state index contributed by atoms with van der Waals surface area (Å²) in [4.78, 5) is 38.8. The molecule has 0 saturated carbocycles. The van der Waals surface area contributed by atoms with Crippen LogP contribution in [0.25, 0.3) is 0 Å². The molecule has 0 N–H and O–H groups in total. The summed E-state index contributed by atoms with van der Waals surface area (Å²) in [5, 5.41) is 0. The van der Waals surface area contributed by atoms with Gasteiger partial charge in [0.25, 0.3) is 0 Å². The van der Waals surface area contributed by atoms with Crippen molar-refractivity contribution >= 4 is 17.9 Å². The lowest BCUT2D eigenvalue weighted by Gasteiger charge is -2.18. The molecule has 7 nitrogen and oxygen atoms in total. The Hall–Kier alpha value is -2.15. The SMILES string of the molecule is CN(C)CCCC(=O)OC1CCCCCCCC(=O)OCC=CCCCCCCCCCCCCC=CCOC(=O)CCCCCCC1. The number of rotatable bonds is 5. The van der Waals surface area contributed by atoms with Crippen LogP contribution < -0.4 is 0 Å². The molecule has 0 aromatic heterocycles. The standard InChI is InChI=1S/C41H73NO6/c1-42(2)35-29-34-41(45)48-38-30-23-17-15-19-25-32-39(43)46-36-27-21-13-11-9-7-5-3-4-6-8-10-12-14-22-28-37-47-40(44)33-26-20-16-18-24-31-38/h21-22,27-28,38H,3-20,23-26,29-37H2,1-2H3. The molecule has 1 rings (SSSR count). The van der Waals surface area contributed by atoms with Crippen LogP contribution in [0.15, 0.2) is 24.3 Å². The third-order valence-corrected chi connectivity index (χ3v) is 9.10. The number of ether oxygens (including phenoxy) is 3. The van der Waals surface area contributed by atoms with Crippen molar-refractivity contribution in [2.24, 2.45) is 0 Å². The number of cyclic esters (lactones) is 2. The van der Waals surface area contributed by atoms with Crippen LogP contribution in [0.1, 0.15) is 180 Å². The number of allylic oxidation sites excluding steroid dienone is 2. The molecule has 0 saturated heterocycles. The van der Waals surface area contributed by atoms with E-state index in [1.807, 2.05) is 26.2 Å². The van der Waals surface area contributed by atoms with E-state index in [0.29, 0.717) is 32.5 Å². The second-order valence-corrected chi connectivity index (χ2v) is 14.1. The molecule has 0 aromatic carbocycles. The van der Waals surface area contributed by atoms with Gasteiger partial charge in [0.1, 0.15) is 19.3 Å². The van der Waals surface area contributed by atoms with E-state index in [1.54, 1.807) is 0 Å². The minimum atomic E-state index is -0.101. The minimum absolute atomic E-state index is 0.0239. The maximum Gasteiger partial charge on any atom is 0.306 e. The highest BCUT2D eigenvalue weighted by atomic mass is 16.5. The van der Waals surface area contributed by atoms with Crippen molar-refractivity contribution in [2.75, 3.05) is 33.9 Å². The molecule has 0 spiro atoms. The van der Waals surface area contributed by atoms with E-state index in [-0.39, 0.29) is 24.0 Å². The Morgan fingerprint density at radius 1 is 0.604 bits per heavy atom. The minimum Gasteiger partial charge on any atom is -0.462 e. The van der Waals surface area contributed by atoms with Gasteiger partial charge in [-0.1, -0.05) is 114 Å². The Bertz CT molecular complexity index is 785. The zero-order chi connectivity index (χ0) is 34.8. The molecule has 0 fully saturated rings. The zero-order valence-electron chi connectivity index (χ0n) is 31.2. The summed E-state index contributed by atoms with van der Waals surface area (Å²) in [5.74, 6) is -0.285. The summed E-state index contributed by atoms with van der Waals surface area (Å²) < 4.78 is 16.7. The van der Waals surface area contributed by atoms with E-state index in [9.17, 15) is 14.4 Å². The topological polar surface area (TPSA) is 82.1 Å². The van der Waals surface area contributed by atoms with Gasteiger partial charge in [0.05, 0.1) is 0 Å². The molecule has 7 heteroatoms. The van der Waals surface area contributed by atoms with Gasteiger partial charge in [-0.25, -0.2) is 0 Å². The fourth-order valence-corrected chi connectivity index (χ4v) is 6.13. The van der Waals surface area contributed by atoms with Crippen LogP contribution in [-0.4, -0.2) is 62.8 Å². The summed E-state index contributed by atoms with van der Waals surface area (Å²) in [5.41, 5.74) is 0. The Morgan fingerprint density at radius 3 is 1.44 bits per heavy atom. The first-order valence-corrected chi connectivity index (χ1v) is 19.9. The first-order chi connectivity index (χ1) is 23.5. The summed E-state index contributed by atoms with van der Waals surface area (Å²) in [7, 11) is 4.04. The van der Waals surface area contributed by atoms with Crippen molar-refractivity contribution in [1.29, 1.82) is 0 Å². The highest BCUT2D eigenvalue weighted by Crippen LogP contribution is 2.18. The maximum absolute atomic E-state index is 12.5. The van der Waals surface area contributed by atoms with Gasteiger partial charge in [-0.3, -0.25) is 14.4 Å². The fourth-order valence-electron chi connectivity index (χ4n) is 6.13. The third kappa shape index (κ3) is 31.1. The molecular weight excluding hydrogens is 602 g/mol. The third-order valence-electron chi connectivity index (χ3n) is 9.10. The monoisotopic (exact) mass is 676 g/mol. The van der Waals surface area contributed by atoms with Crippen molar-refractivity contribution < 1.29 is 28.6 Å². The molecule has 278 valence electrons. The summed E-state index contributed by atoms with van der Waals surface area (Å²) in [6.07, 6.45) is 37.5. The molecule has 0 aromatic rings. The van der Waals surface area contributed by atoms with Gasteiger partial charge in [0.15, 0.2) is 0 Å². The van der Waals surface area contributed by atoms with Crippen molar-refractivity contribution in [3.8, 4) is 0 Å². The highest BCUT2D eigenvalue weighted by Gasteiger charge is 2.14. The van der Waals surface area contributed by atoms with E-state index in [2.05, 4.69) is 17.1 Å². The van der Waals surface area contributed by atoms with Gasteiger partial charge >= 0.3 is 17.9 Å². The van der Waals surface area contributed by atoms with Crippen LogP contribution in [0.4, 0.5) is 0 Å². The van der Waals surface area contributed by atoms with Crippen LogP contribution in [0.2, 0.25) is 0 Å². The molecule has 48 heavy (non-hydrogen) atoms. The van der Waals surface area contributed by atoms with Crippen LogP contribution in [0.5, 0.6) is 0 Å². The average molecular weight is 676 g/mol. The number of nitrogens with zero attached hydrogens (tertiary/aromatic N) is 1. The maximum atomic E-state index is 12.5. The zero-order valence-corrected chi connectivity index (χ0v) is 31.2. The van der Waals surface area contributed by atoms with Crippen LogP contribution in [0.3, 0.4) is 0 Å². The summed E-state index contributed by atoms with van der Waals surface area (Å²) >= 11 is 0. The normalized spacial score (nSPS) is 21.9. The molecule has 0 aliphatic carbocycles. The largest absolute Gasteiger partial charge is 0.462 e. The molecule has 0 bridgehead atoms. The van der Waals surface area contributed by atoms with Crippen molar-refractivity contribution in [3.05, 3.63) is 24.3 Å². The number of carbonyl (C=O) groups excluding carboxylic acids is 3. The number of carbonyl (C=O) groups is 3. The number of esters is 3. The van der Waals surface area contributed by atoms with E-state index in [4.69, 9.17) is 14.2 Å². The van der Waals surface area contributed by atoms with E-state index >= 15 is 0 Å². The van der Waals surface area contributed by atoms with E-state index in [0.717, 1.165) is 103 Å². The first kappa shape index (κ1) is 43.9. The average Bonchev–Trinajstić information content (AvgIpc) is 3.05. The lowest BCUT2D eigenvalue weighted by Crippen LogP contribution is -2.20. The smallest absolute Gasteiger partial charge is 0.306 e. The van der Waals surface area contributed by atoms with Crippen molar-refractivity contribution in [3.63, 3.8) is 0 Å². The van der Waals surface area contributed by atoms with Crippen LogP contribution in [-0.2, 0) is 28.6 Å². The number of hydrogen-bond acceptors (Lipinski definition) is 7. The molecule has 1 aliphatic rings. The second-order valence-electron chi connectivity index (χ2n) is 14.1. The van der Waals surface area contributed by atoms with E-state index < -0.39 is 0 Å².